The minimum atomic E-state index is -4.90. The molecule has 3 aromatic rings. The van der Waals surface area contributed by atoms with E-state index in [-0.39, 0.29) is 10.6 Å². The third kappa shape index (κ3) is 5.58. The van der Waals surface area contributed by atoms with Gasteiger partial charge in [0.1, 0.15) is 15.6 Å². The van der Waals surface area contributed by atoms with Gasteiger partial charge in [-0.2, -0.15) is 13.2 Å². The maximum absolute atomic E-state index is 13.6. The molecule has 1 aromatic heterocycles. The van der Waals surface area contributed by atoms with E-state index in [0.717, 1.165) is 12.1 Å². The Morgan fingerprint density at radius 1 is 1.06 bits per heavy atom. The van der Waals surface area contributed by atoms with Gasteiger partial charge in [0.25, 0.3) is 5.91 Å². The van der Waals surface area contributed by atoms with Crippen molar-refractivity contribution in [2.24, 2.45) is 0 Å². The standard InChI is InChI=1S/C21H16F6N2O2S/c1-11-6-3-4-9-15(11)19-29-17(20(22,23)24)16(32-19)18(30)28-12(2)13-7-5-8-14(10-13)31-21(25,26)27/h3-10,12H,1-2H3,(H,28,30). The first-order valence-electron chi connectivity index (χ1n) is 9.16. The van der Waals surface area contributed by atoms with Crippen molar-refractivity contribution in [3.05, 3.63) is 70.2 Å². The minimum absolute atomic E-state index is 0.0359. The smallest absolute Gasteiger partial charge is 0.406 e. The van der Waals surface area contributed by atoms with Gasteiger partial charge in [-0.25, -0.2) is 4.98 Å². The highest BCUT2D eigenvalue weighted by molar-refractivity contribution is 7.17. The number of rotatable bonds is 5. The van der Waals surface area contributed by atoms with Crippen LogP contribution in [-0.4, -0.2) is 17.3 Å². The maximum atomic E-state index is 13.6. The molecule has 1 atom stereocenters. The van der Waals surface area contributed by atoms with Crippen LogP contribution in [0.3, 0.4) is 0 Å². The lowest BCUT2D eigenvalue weighted by atomic mass is 10.1. The van der Waals surface area contributed by atoms with E-state index >= 15 is 0 Å². The molecule has 0 aliphatic heterocycles. The second kappa shape index (κ2) is 8.81. The molecule has 1 amide bonds. The summed E-state index contributed by atoms with van der Waals surface area (Å²) >= 11 is 0.593. The molecule has 4 nitrogen and oxygen atoms in total. The van der Waals surface area contributed by atoms with Gasteiger partial charge in [0.15, 0.2) is 5.69 Å². The van der Waals surface area contributed by atoms with E-state index in [2.05, 4.69) is 15.0 Å². The number of nitrogens with one attached hydrogen (secondary N) is 1. The van der Waals surface area contributed by atoms with Crippen molar-refractivity contribution in [1.82, 2.24) is 10.3 Å². The third-order valence-corrected chi connectivity index (χ3v) is 5.50. The monoisotopic (exact) mass is 474 g/mol. The number of carbonyl (C=O) groups excluding carboxylic acids is 1. The molecule has 170 valence electrons. The maximum Gasteiger partial charge on any atom is 0.573 e. The summed E-state index contributed by atoms with van der Waals surface area (Å²) in [5, 5.41) is 2.43. The quantitative estimate of drug-likeness (QED) is 0.428. The van der Waals surface area contributed by atoms with Crippen LogP contribution in [0.5, 0.6) is 5.75 Å². The lowest BCUT2D eigenvalue weighted by molar-refractivity contribution is -0.274. The van der Waals surface area contributed by atoms with Gasteiger partial charge in [-0.15, -0.1) is 24.5 Å². The van der Waals surface area contributed by atoms with E-state index in [1.54, 1.807) is 31.2 Å². The first kappa shape index (κ1) is 23.6. The predicted molar refractivity (Wildman–Crippen MR) is 106 cm³/mol. The van der Waals surface area contributed by atoms with Crippen molar-refractivity contribution in [2.75, 3.05) is 0 Å². The van der Waals surface area contributed by atoms with Crippen molar-refractivity contribution in [3.8, 4) is 16.3 Å². The molecule has 0 aliphatic rings. The third-order valence-electron chi connectivity index (χ3n) is 4.42. The summed E-state index contributed by atoms with van der Waals surface area (Å²) in [5.74, 6) is -1.55. The molecule has 0 bridgehead atoms. The number of nitrogens with zero attached hydrogens (tertiary/aromatic N) is 1. The van der Waals surface area contributed by atoms with Crippen LogP contribution >= 0.6 is 11.3 Å². The zero-order valence-corrected chi connectivity index (χ0v) is 17.5. The summed E-state index contributed by atoms with van der Waals surface area (Å²) < 4.78 is 81.8. The number of thiazole rings is 1. The van der Waals surface area contributed by atoms with Crippen molar-refractivity contribution in [1.29, 1.82) is 0 Å². The van der Waals surface area contributed by atoms with E-state index in [4.69, 9.17) is 0 Å². The molecule has 2 aromatic carbocycles. The van der Waals surface area contributed by atoms with Gasteiger partial charge in [-0.1, -0.05) is 36.4 Å². The highest BCUT2D eigenvalue weighted by atomic mass is 32.1. The predicted octanol–water partition coefficient (Wildman–Crippen LogP) is 6.53. The Bertz CT molecular complexity index is 1120. The summed E-state index contributed by atoms with van der Waals surface area (Å²) in [6.45, 7) is 3.14. The molecule has 1 N–H and O–H groups in total. The van der Waals surface area contributed by atoms with Crippen LogP contribution in [0, 0.1) is 6.92 Å². The summed E-state index contributed by atoms with van der Waals surface area (Å²) in [4.78, 5) is 15.7. The number of amides is 1. The van der Waals surface area contributed by atoms with Gasteiger partial charge in [-0.05, 0) is 37.1 Å². The molecule has 11 heteroatoms. The Kier molecular flexibility index (Phi) is 6.49. The van der Waals surface area contributed by atoms with E-state index in [0.29, 0.717) is 22.5 Å². The Balaban J connectivity index is 1.89. The number of ether oxygens (including phenoxy) is 1. The Morgan fingerprint density at radius 2 is 1.75 bits per heavy atom. The van der Waals surface area contributed by atoms with Gasteiger partial charge < -0.3 is 10.1 Å². The molecular formula is C21H16F6N2O2S. The summed E-state index contributed by atoms with van der Waals surface area (Å²) in [6.07, 6.45) is -9.77. The fraction of sp³-hybridized carbons (Fsp3) is 0.238. The fourth-order valence-corrected chi connectivity index (χ4v) is 4.00. The summed E-state index contributed by atoms with van der Waals surface area (Å²) in [7, 11) is 0. The highest BCUT2D eigenvalue weighted by Gasteiger charge is 2.40. The second-order valence-electron chi connectivity index (χ2n) is 6.82. The molecule has 32 heavy (non-hydrogen) atoms. The number of hydrogen-bond acceptors (Lipinski definition) is 4. The molecule has 0 fully saturated rings. The number of carbonyl (C=O) groups is 1. The van der Waals surface area contributed by atoms with Gasteiger partial charge in [-0.3, -0.25) is 4.79 Å². The van der Waals surface area contributed by atoms with Crippen LogP contribution in [0.1, 0.15) is 39.5 Å². The lowest BCUT2D eigenvalue weighted by Crippen LogP contribution is -2.28. The highest BCUT2D eigenvalue weighted by Crippen LogP contribution is 2.38. The SMILES string of the molecule is Cc1ccccc1-c1nc(C(F)(F)F)c(C(=O)NC(C)c2cccc(OC(F)(F)F)c2)s1. The molecule has 0 aliphatic carbocycles. The van der Waals surface area contributed by atoms with E-state index in [1.165, 1.54) is 19.1 Å². The van der Waals surface area contributed by atoms with E-state index in [1.807, 2.05) is 0 Å². The molecular weight excluding hydrogens is 458 g/mol. The minimum Gasteiger partial charge on any atom is -0.406 e. The van der Waals surface area contributed by atoms with Gasteiger partial charge in [0.05, 0.1) is 6.04 Å². The summed E-state index contributed by atoms with van der Waals surface area (Å²) in [6, 6.07) is 10.6. The second-order valence-corrected chi connectivity index (χ2v) is 7.82. The van der Waals surface area contributed by atoms with Crippen molar-refractivity contribution >= 4 is 17.2 Å². The van der Waals surface area contributed by atoms with Crippen LogP contribution in [-0.2, 0) is 6.18 Å². The number of alkyl halides is 6. The topological polar surface area (TPSA) is 51.2 Å². The van der Waals surface area contributed by atoms with Gasteiger partial charge >= 0.3 is 12.5 Å². The van der Waals surface area contributed by atoms with Crippen LogP contribution in [0.2, 0.25) is 0 Å². The van der Waals surface area contributed by atoms with E-state index in [9.17, 15) is 31.1 Å². The number of hydrogen-bond donors (Lipinski definition) is 1. The van der Waals surface area contributed by atoms with E-state index < -0.39 is 40.8 Å². The van der Waals surface area contributed by atoms with Crippen molar-refractivity contribution in [2.45, 2.75) is 32.4 Å². The normalized spacial score (nSPS) is 13.0. The average molecular weight is 474 g/mol. The zero-order chi connectivity index (χ0) is 23.7. The largest absolute Gasteiger partial charge is 0.573 e. The summed E-state index contributed by atoms with van der Waals surface area (Å²) in [5.41, 5.74) is 0.0563. The lowest BCUT2D eigenvalue weighted by Gasteiger charge is -2.16. The Morgan fingerprint density at radius 3 is 2.38 bits per heavy atom. The Labute approximate surface area is 182 Å². The van der Waals surface area contributed by atoms with Crippen LogP contribution in [0.25, 0.3) is 10.6 Å². The molecule has 1 unspecified atom stereocenters. The number of aromatic nitrogens is 1. The number of halogens is 6. The molecule has 0 radical (unpaired) electrons. The zero-order valence-electron chi connectivity index (χ0n) is 16.6. The average Bonchev–Trinajstić information content (AvgIpc) is 3.13. The molecule has 0 saturated carbocycles. The first-order chi connectivity index (χ1) is 14.8. The van der Waals surface area contributed by atoms with Crippen LogP contribution in [0.4, 0.5) is 26.3 Å². The first-order valence-corrected chi connectivity index (χ1v) is 9.97. The fourth-order valence-electron chi connectivity index (χ4n) is 2.92. The number of benzene rings is 2. The molecule has 3 rings (SSSR count). The van der Waals surface area contributed by atoms with Crippen molar-refractivity contribution < 1.29 is 35.9 Å². The molecule has 0 spiro atoms. The number of aryl methyl sites for hydroxylation is 1. The van der Waals surface area contributed by atoms with Crippen molar-refractivity contribution in [3.63, 3.8) is 0 Å². The van der Waals surface area contributed by atoms with Crippen LogP contribution < -0.4 is 10.1 Å². The molecule has 1 heterocycles. The molecule has 0 saturated heterocycles. The van der Waals surface area contributed by atoms with Crippen LogP contribution in [0.15, 0.2) is 48.5 Å². The Hall–Kier alpha value is -3.08. The van der Waals surface area contributed by atoms with Gasteiger partial charge in [0.2, 0.25) is 0 Å². The van der Waals surface area contributed by atoms with Gasteiger partial charge in [0, 0.05) is 5.56 Å².